The van der Waals surface area contributed by atoms with Gasteiger partial charge in [0, 0.05) is 26.8 Å². The molecule has 1 rings (SSSR count). The fourth-order valence-corrected chi connectivity index (χ4v) is 2.77. The van der Waals surface area contributed by atoms with Crippen LogP contribution >= 0.6 is 0 Å². The van der Waals surface area contributed by atoms with Gasteiger partial charge in [-0.05, 0) is 38.8 Å². The van der Waals surface area contributed by atoms with Crippen molar-refractivity contribution in [2.75, 3.05) is 33.9 Å². The van der Waals surface area contributed by atoms with E-state index in [1.54, 1.807) is 14.2 Å². The second-order valence-electron chi connectivity index (χ2n) is 5.59. The van der Waals surface area contributed by atoms with Crippen LogP contribution in [0.2, 0.25) is 0 Å². The third-order valence-electron chi connectivity index (χ3n) is 3.90. The summed E-state index contributed by atoms with van der Waals surface area (Å²) in [7, 11) is 3.37. The second-order valence-corrected chi connectivity index (χ2v) is 5.59. The number of methoxy groups -OCH3 is 2. The molecule has 108 valence electrons. The van der Waals surface area contributed by atoms with E-state index in [0.717, 1.165) is 6.54 Å². The van der Waals surface area contributed by atoms with Gasteiger partial charge in [0.1, 0.15) is 0 Å². The van der Waals surface area contributed by atoms with E-state index in [9.17, 15) is 0 Å². The summed E-state index contributed by atoms with van der Waals surface area (Å²) in [5.74, 6) is 0.673. The molecule has 0 aromatic heterocycles. The predicted molar refractivity (Wildman–Crippen MR) is 74.7 cm³/mol. The molecule has 1 fully saturated rings. The fraction of sp³-hybridized carbons (Fsp3) is 1.00. The summed E-state index contributed by atoms with van der Waals surface area (Å²) in [5.41, 5.74) is 0. The fourth-order valence-electron chi connectivity index (χ4n) is 2.77. The van der Waals surface area contributed by atoms with Crippen LogP contribution in [0.25, 0.3) is 0 Å². The SMILES string of the molecule is COC(OC)C(C)NCC(C(C)C)N1CCCC1. The van der Waals surface area contributed by atoms with E-state index in [1.807, 2.05) is 0 Å². The standard InChI is InChI=1S/C14H30N2O2/c1-11(2)13(16-8-6-7-9-16)10-15-12(3)14(17-4)18-5/h11-15H,6-10H2,1-5H3. The average molecular weight is 258 g/mol. The molecule has 1 aliphatic heterocycles. The Balaban J connectivity index is 2.41. The van der Waals surface area contributed by atoms with E-state index in [4.69, 9.17) is 9.47 Å². The molecule has 0 spiro atoms. The number of nitrogens with zero attached hydrogens (tertiary/aromatic N) is 1. The zero-order valence-corrected chi connectivity index (χ0v) is 12.6. The predicted octanol–water partition coefficient (Wildman–Crippen LogP) is 1.70. The lowest BCUT2D eigenvalue weighted by molar-refractivity contribution is -0.120. The Labute approximate surface area is 112 Å². The van der Waals surface area contributed by atoms with Crippen molar-refractivity contribution in [2.45, 2.75) is 52.0 Å². The maximum atomic E-state index is 5.28. The van der Waals surface area contributed by atoms with E-state index in [0.29, 0.717) is 12.0 Å². The zero-order chi connectivity index (χ0) is 13.5. The van der Waals surface area contributed by atoms with Gasteiger partial charge in [-0.25, -0.2) is 0 Å². The van der Waals surface area contributed by atoms with E-state index in [2.05, 4.69) is 31.0 Å². The van der Waals surface area contributed by atoms with Crippen molar-refractivity contribution in [3.8, 4) is 0 Å². The zero-order valence-electron chi connectivity index (χ0n) is 12.6. The van der Waals surface area contributed by atoms with Gasteiger partial charge < -0.3 is 14.8 Å². The van der Waals surface area contributed by atoms with Crippen LogP contribution in [0.5, 0.6) is 0 Å². The Kier molecular flexibility index (Phi) is 7.15. The van der Waals surface area contributed by atoms with Crippen molar-refractivity contribution >= 4 is 0 Å². The van der Waals surface area contributed by atoms with Crippen molar-refractivity contribution in [3.63, 3.8) is 0 Å². The molecule has 1 aliphatic rings. The number of ether oxygens (including phenoxy) is 2. The average Bonchev–Trinajstić information content (AvgIpc) is 2.84. The lowest BCUT2D eigenvalue weighted by Crippen LogP contribution is -2.49. The van der Waals surface area contributed by atoms with Gasteiger partial charge in [0.05, 0.1) is 6.04 Å². The van der Waals surface area contributed by atoms with Crippen molar-refractivity contribution in [2.24, 2.45) is 5.92 Å². The number of hydrogen-bond donors (Lipinski definition) is 1. The van der Waals surface area contributed by atoms with E-state index < -0.39 is 0 Å². The van der Waals surface area contributed by atoms with Crippen molar-refractivity contribution < 1.29 is 9.47 Å². The molecule has 2 unspecified atom stereocenters. The minimum atomic E-state index is -0.170. The minimum absolute atomic E-state index is 0.170. The van der Waals surface area contributed by atoms with Crippen LogP contribution in [0, 0.1) is 5.92 Å². The quantitative estimate of drug-likeness (QED) is 0.672. The van der Waals surface area contributed by atoms with Gasteiger partial charge in [-0.1, -0.05) is 13.8 Å². The van der Waals surface area contributed by atoms with Crippen LogP contribution in [-0.2, 0) is 9.47 Å². The van der Waals surface area contributed by atoms with Crippen LogP contribution in [0.15, 0.2) is 0 Å². The van der Waals surface area contributed by atoms with E-state index in [-0.39, 0.29) is 12.3 Å². The highest BCUT2D eigenvalue weighted by molar-refractivity contribution is 4.82. The summed E-state index contributed by atoms with van der Waals surface area (Å²) >= 11 is 0. The lowest BCUT2D eigenvalue weighted by Gasteiger charge is -2.33. The molecule has 1 N–H and O–H groups in total. The molecular weight excluding hydrogens is 228 g/mol. The van der Waals surface area contributed by atoms with Crippen LogP contribution in [0.1, 0.15) is 33.6 Å². The summed E-state index contributed by atoms with van der Waals surface area (Å²) in [5, 5.41) is 3.55. The molecule has 4 heteroatoms. The molecule has 0 aromatic rings. The molecule has 0 aromatic carbocycles. The highest BCUT2D eigenvalue weighted by Gasteiger charge is 2.25. The number of rotatable bonds is 8. The van der Waals surface area contributed by atoms with Gasteiger partial charge in [0.15, 0.2) is 6.29 Å². The highest BCUT2D eigenvalue weighted by Crippen LogP contribution is 2.17. The van der Waals surface area contributed by atoms with Gasteiger partial charge in [-0.3, -0.25) is 4.90 Å². The lowest BCUT2D eigenvalue weighted by atomic mass is 10.0. The van der Waals surface area contributed by atoms with Gasteiger partial charge in [0.25, 0.3) is 0 Å². The monoisotopic (exact) mass is 258 g/mol. The number of nitrogens with one attached hydrogen (secondary N) is 1. The molecule has 18 heavy (non-hydrogen) atoms. The van der Waals surface area contributed by atoms with E-state index >= 15 is 0 Å². The molecule has 0 aliphatic carbocycles. The summed E-state index contributed by atoms with van der Waals surface area (Å²) in [6.45, 7) is 10.2. The summed E-state index contributed by atoms with van der Waals surface area (Å²) < 4.78 is 10.6. The van der Waals surface area contributed by atoms with Gasteiger partial charge in [0.2, 0.25) is 0 Å². The summed E-state index contributed by atoms with van der Waals surface area (Å²) in [4.78, 5) is 2.61. The Morgan fingerprint density at radius 1 is 1.06 bits per heavy atom. The van der Waals surface area contributed by atoms with Crippen LogP contribution in [0.4, 0.5) is 0 Å². The van der Waals surface area contributed by atoms with Crippen molar-refractivity contribution in [3.05, 3.63) is 0 Å². The maximum Gasteiger partial charge on any atom is 0.171 e. The first-order chi connectivity index (χ1) is 8.60. The van der Waals surface area contributed by atoms with Gasteiger partial charge in [-0.15, -0.1) is 0 Å². The summed E-state index contributed by atoms with van der Waals surface area (Å²) in [6.07, 6.45) is 2.52. The van der Waals surface area contributed by atoms with Crippen molar-refractivity contribution in [1.82, 2.24) is 10.2 Å². The topological polar surface area (TPSA) is 33.7 Å². The first kappa shape index (κ1) is 15.9. The van der Waals surface area contributed by atoms with Crippen LogP contribution in [-0.4, -0.2) is 57.1 Å². The summed E-state index contributed by atoms with van der Waals surface area (Å²) in [6, 6.07) is 0.827. The molecule has 0 saturated carbocycles. The number of hydrogen-bond acceptors (Lipinski definition) is 4. The van der Waals surface area contributed by atoms with Gasteiger partial charge in [-0.2, -0.15) is 0 Å². The third-order valence-corrected chi connectivity index (χ3v) is 3.90. The molecule has 0 radical (unpaired) electrons. The molecular formula is C14H30N2O2. The Morgan fingerprint density at radius 2 is 1.61 bits per heavy atom. The first-order valence-corrected chi connectivity index (χ1v) is 7.13. The molecule has 1 saturated heterocycles. The molecule has 4 nitrogen and oxygen atoms in total. The highest BCUT2D eigenvalue weighted by atomic mass is 16.7. The van der Waals surface area contributed by atoms with Gasteiger partial charge >= 0.3 is 0 Å². The molecule has 2 atom stereocenters. The Bertz CT molecular complexity index is 214. The molecule has 1 heterocycles. The third kappa shape index (κ3) is 4.50. The Morgan fingerprint density at radius 3 is 2.06 bits per heavy atom. The van der Waals surface area contributed by atoms with Crippen molar-refractivity contribution in [1.29, 1.82) is 0 Å². The Hall–Kier alpha value is -0.160. The largest absolute Gasteiger partial charge is 0.354 e. The molecule has 0 bridgehead atoms. The second kappa shape index (κ2) is 8.10. The molecule has 0 amide bonds. The van der Waals surface area contributed by atoms with Crippen LogP contribution < -0.4 is 5.32 Å². The smallest absolute Gasteiger partial charge is 0.171 e. The maximum absolute atomic E-state index is 5.28. The minimum Gasteiger partial charge on any atom is -0.354 e. The first-order valence-electron chi connectivity index (χ1n) is 7.13. The normalized spacial score (nSPS) is 20.8. The van der Waals surface area contributed by atoms with Crippen LogP contribution in [0.3, 0.4) is 0 Å². The number of likely N-dealkylation sites (tertiary alicyclic amines) is 1. The van der Waals surface area contributed by atoms with E-state index in [1.165, 1.54) is 25.9 Å².